The number of carbonyl (C=O) groups is 1. The molecule has 0 saturated heterocycles. The summed E-state index contributed by atoms with van der Waals surface area (Å²) in [6, 6.07) is 1.40. The maximum atomic E-state index is 13.7. The first-order valence-electron chi connectivity index (χ1n) is 4.78. The van der Waals surface area contributed by atoms with E-state index >= 15 is 0 Å². The highest BCUT2D eigenvalue weighted by Gasteiger charge is 2.26. The molecule has 0 bridgehead atoms. The number of hydrogen-bond donors (Lipinski definition) is 2. The molecule has 0 heterocycles. The van der Waals surface area contributed by atoms with E-state index in [2.05, 4.69) is 15.9 Å². The van der Waals surface area contributed by atoms with Crippen molar-refractivity contribution >= 4 is 37.5 Å². The lowest BCUT2D eigenvalue weighted by Crippen LogP contribution is -2.43. The summed E-state index contributed by atoms with van der Waals surface area (Å²) in [7, 11) is -3.96. The number of sulfonamides is 1. The monoisotopic (exact) mass is 357 g/mol. The van der Waals surface area contributed by atoms with Crippen LogP contribution in [0.1, 0.15) is 0 Å². The number of halogens is 3. The van der Waals surface area contributed by atoms with Gasteiger partial charge in [-0.15, -0.1) is 0 Å². The van der Waals surface area contributed by atoms with Gasteiger partial charge in [0.15, 0.2) is 5.82 Å². The van der Waals surface area contributed by atoms with Crippen LogP contribution in [0.2, 0.25) is 0 Å². The molecule has 3 N–H and O–H groups in total. The number of carbonyl (C=O) groups excluding carboxylic acids is 1. The second-order valence-electron chi connectivity index (χ2n) is 3.56. The fourth-order valence-electron chi connectivity index (χ4n) is 1.31. The van der Waals surface area contributed by atoms with Crippen molar-refractivity contribution in [1.29, 1.82) is 0 Å². The standard InChI is InChI=1S/C9H10BrF2N3O3S/c1-19(17,18)15(4-8(16)14-13)9-6(10)2-5(11)3-7(9)12/h2-3H,4,13H2,1H3,(H,14,16). The van der Waals surface area contributed by atoms with E-state index in [0.29, 0.717) is 10.4 Å². The van der Waals surface area contributed by atoms with Gasteiger partial charge in [-0.1, -0.05) is 0 Å². The van der Waals surface area contributed by atoms with E-state index < -0.39 is 39.8 Å². The second kappa shape index (κ2) is 5.80. The number of nitrogens with one attached hydrogen (secondary N) is 1. The Morgan fingerprint density at radius 3 is 2.47 bits per heavy atom. The predicted octanol–water partition coefficient (Wildman–Crippen LogP) is 0.483. The Morgan fingerprint density at radius 1 is 1.47 bits per heavy atom. The van der Waals surface area contributed by atoms with Crippen molar-refractivity contribution in [2.24, 2.45) is 5.84 Å². The maximum Gasteiger partial charge on any atom is 0.254 e. The number of hydrazine groups is 1. The summed E-state index contributed by atoms with van der Waals surface area (Å²) >= 11 is 2.85. The predicted molar refractivity (Wildman–Crippen MR) is 68.6 cm³/mol. The molecule has 0 aliphatic carbocycles. The smallest absolute Gasteiger partial charge is 0.254 e. The van der Waals surface area contributed by atoms with Crippen molar-refractivity contribution in [1.82, 2.24) is 5.43 Å². The third kappa shape index (κ3) is 3.85. The molecule has 1 aromatic rings. The van der Waals surface area contributed by atoms with Gasteiger partial charge in [0.2, 0.25) is 10.0 Å². The Kier molecular flexibility index (Phi) is 4.82. The summed E-state index contributed by atoms with van der Waals surface area (Å²) in [5, 5.41) is 0. The van der Waals surface area contributed by atoms with Gasteiger partial charge in [0.25, 0.3) is 5.91 Å². The number of amides is 1. The van der Waals surface area contributed by atoms with Crippen LogP contribution in [0, 0.1) is 11.6 Å². The Bertz CT molecular complexity index is 586. The number of nitrogens with two attached hydrogens (primary N) is 1. The third-order valence-corrected chi connectivity index (χ3v) is 3.80. The molecule has 0 spiro atoms. The van der Waals surface area contributed by atoms with E-state index in [1.807, 2.05) is 0 Å². The van der Waals surface area contributed by atoms with E-state index in [1.54, 1.807) is 5.43 Å². The molecular formula is C9H10BrF2N3O3S. The minimum Gasteiger partial charge on any atom is -0.293 e. The quantitative estimate of drug-likeness (QED) is 0.465. The fraction of sp³-hybridized carbons (Fsp3) is 0.222. The van der Waals surface area contributed by atoms with Gasteiger partial charge in [-0.25, -0.2) is 23.0 Å². The first-order chi connectivity index (χ1) is 8.66. The number of benzene rings is 1. The molecule has 0 unspecified atom stereocenters. The van der Waals surface area contributed by atoms with Crippen molar-refractivity contribution in [3.63, 3.8) is 0 Å². The van der Waals surface area contributed by atoms with Crippen LogP contribution < -0.4 is 15.6 Å². The Hall–Kier alpha value is -1.26. The average Bonchev–Trinajstić information content (AvgIpc) is 2.24. The van der Waals surface area contributed by atoms with Gasteiger partial charge >= 0.3 is 0 Å². The summed E-state index contributed by atoms with van der Waals surface area (Å²) in [5.41, 5.74) is 1.27. The largest absolute Gasteiger partial charge is 0.293 e. The molecule has 0 atom stereocenters. The first kappa shape index (κ1) is 15.8. The van der Waals surface area contributed by atoms with Gasteiger partial charge in [-0.2, -0.15) is 0 Å². The van der Waals surface area contributed by atoms with Gasteiger partial charge in [0.1, 0.15) is 18.0 Å². The SMILES string of the molecule is CS(=O)(=O)N(CC(=O)NN)c1c(F)cc(F)cc1Br. The van der Waals surface area contributed by atoms with Gasteiger partial charge in [-0.3, -0.25) is 14.5 Å². The summed E-state index contributed by atoms with van der Waals surface area (Å²) in [6.07, 6.45) is 0.784. The molecule has 0 radical (unpaired) electrons. The van der Waals surface area contributed by atoms with E-state index in [0.717, 1.165) is 12.3 Å². The Labute approximate surface area is 116 Å². The molecule has 19 heavy (non-hydrogen) atoms. The highest BCUT2D eigenvalue weighted by Crippen LogP contribution is 2.31. The van der Waals surface area contributed by atoms with Crippen molar-refractivity contribution in [3.05, 3.63) is 28.2 Å². The number of nitrogens with zero attached hydrogens (tertiary/aromatic N) is 1. The Morgan fingerprint density at radius 2 is 2.05 bits per heavy atom. The van der Waals surface area contributed by atoms with Crippen LogP contribution in [0.4, 0.5) is 14.5 Å². The van der Waals surface area contributed by atoms with Crippen LogP contribution in [0.5, 0.6) is 0 Å². The van der Waals surface area contributed by atoms with Crippen molar-refractivity contribution in [2.45, 2.75) is 0 Å². The van der Waals surface area contributed by atoms with E-state index in [4.69, 9.17) is 5.84 Å². The normalized spacial score (nSPS) is 11.2. The lowest BCUT2D eigenvalue weighted by Gasteiger charge is -2.23. The summed E-state index contributed by atoms with van der Waals surface area (Å²) < 4.78 is 50.2. The van der Waals surface area contributed by atoms with Crippen molar-refractivity contribution in [3.8, 4) is 0 Å². The third-order valence-electron chi connectivity index (χ3n) is 2.08. The van der Waals surface area contributed by atoms with Crippen LogP contribution in [-0.2, 0) is 14.8 Å². The van der Waals surface area contributed by atoms with E-state index in [-0.39, 0.29) is 4.47 Å². The average molecular weight is 358 g/mol. The van der Waals surface area contributed by atoms with Crippen molar-refractivity contribution < 1.29 is 22.0 Å². The highest BCUT2D eigenvalue weighted by molar-refractivity contribution is 9.10. The molecule has 106 valence electrons. The molecule has 0 aromatic heterocycles. The molecule has 1 amide bonds. The molecule has 0 saturated carbocycles. The minimum absolute atomic E-state index is 0.139. The lowest BCUT2D eigenvalue weighted by atomic mass is 10.3. The molecular weight excluding hydrogens is 348 g/mol. The van der Waals surface area contributed by atoms with Crippen LogP contribution in [0.3, 0.4) is 0 Å². The van der Waals surface area contributed by atoms with Crippen LogP contribution in [-0.4, -0.2) is 27.1 Å². The Balaban J connectivity index is 3.38. The van der Waals surface area contributed by atoms with E-state index in [1.165, 1.54) is 0 Å². The molecule has 0 aliphatic heterocycles. The number of anilines is 1. The molecule has 0 aliphatic rings. The second-order valence-corrected chi connectivity index (χ2v) is 6.32. The summed E-state index contributed by atoms with van der Waals surface area (Å²) in [4.78, 5) is 11.2. The topological polar surface area (TPSA) is 92.5 Å². The van der Waals surface area contributed by atoms with Crippen LogP contribution in [0.25, 0.3) is 0 Å². The molecule has 6 nitrogen and oxygen atoms in total. The zero-order valence-electron chi connectivity index (χ0n) is 9.65. The lowest BCUT2D eigenvalue weighted by molar-refractivity contribution is -0.119. The zero-order chi connectivity index (χ0) is 14.8. The molecule has 1 aromatic carbocycles. The number of hydrogen-bond acceptors (Lipinski definition) is 4. The van der Waals surface area contributed by atoms with E-state index in [9.17, 15) is 22.0 Å². The minimum atomic E-state index is -3.96. The maximum absolute atomic E-state index is 13.7. The van der Waals surface area contributed by atoms with Crippen molar-refractivity contribution in [2.75, 3.05) is 17.1 Å². The van der Waals surface area contributed by atoms with Gasteiger partial charge < -0.3 is 0 Å². The fourth-order valence-corrected chi connectivity index (χ4v) is 2.92. The number of rotatable bonds is 4. The van der Waals surface area contributed by atoms with Gasteiger partial charge in [0.05, 0.1) is 6.26 Å². The molecule has 0 fully saturated rings. The van der Waals surface area contributed by atoms with Crippen LogP contribution in [0.15, 0.2) is 16.6 Å². The first-order valence-corrected chi connectivity index (χ1v) is 7.42. The molecule has 10 heteroatoms. The summed E-state index contributed by atoms with van der Waals surface area (Å²) in [5.74, 6) is 2.00. The molecule has 1 rings (SSSR count). The van der Waals surface area contributed by atoms with Crippen LogP contribution >= 0.6 is 15.9 Å². The van der Waals surface area contributed by atoms with Gasteiger partial charge in [-0.05, 0) is 22.0 Å². The highest BCUT2D eigenvalue weighted by atomic mass is 79.9. The zero-order valence-corrected chi connectivity index (χ0v) is 12.1. The summed E-state index contributed by atoms with van der Waals surface area (Å²) in [6.45, 7) is -0.726. The van der Waals surface area contributed by atoms with Gasteiger partial charge in [0, 0.05) is 10.5 Å².